The van der Waals surface area contributed by atoms with Crippen LogP contribution in [0.15, 0.2) is 215 Å². The highest BCUT2D eigenvalue weighted by Crippen LogP contribution is 2.47. The maximum absolute atomic E-state index is 6.84. The lowest BCUT2D eigenvalue weighted by atomic mass is 9.85. The van der Waals surface area contributed by atoms with Crippen molar-refractivity contribution < 1.29 is 8.83 Å². The third kappa shape index (κ3) is 4.82. The summed E-state index contributed by atoms with van der Waals surface area (Å²) in [5.74, 6) is 0. The molecule has 0 radical (unpaired) electrons. The summed E-state index contributed by atoms with van der Waals surface area (Å²) in [7, 11) is 0. The molecule has 278 valence electrons. The molecule has 0 N–H and O–H groups in total. The number of hydrogen-bond donors (Lipinski definition) is 0. The van der Waals surface area contributed by atoms with Crippen LogP contribution in [0.2, 0.25) is 0 Å². The van der Waals surface area contributed by atoms with E-state index in [0.29, 0.717) is 0 Å². The van der Waals surface area contributed by atoms with E-state index >= 15 is 0 Å². The number of benzene rings is 11. The number of para-hydroxylation sites is 2. The van der Waals surface area contributed by atoms with Crippen molar-refractivity contribution >= 4 is 87.0 Å². The Morgan fingerprint density at radius 3 is 1.20 bits per heavy atom. The van der Waals surface area contributed by atoms with Crippen molar-refractivity contribution in [2.24, 2.45) is 0 Å². The fourth-order valence-electron chi connectivity index (χ4n) is 9.97. The van der Waals surface area contributed by atoms with Crippen molar-refractivity contribution in [2.45, 2.75) is 0 Å². The Balaban J connectivity index is 1.12. The van der Waals surface area contributed by atoms with Crippen LogP contribution in [0.3, 0.4) is 0 Å². The van der Waals surface area contributed by atoms with E-state index in [4.69, 9.17) is 8.83 Å². The summed E-state index contributed by atoms with van der Waals surface area (Å²) >= 11 is 0. The van der Waals surface area contributed by atoms with Crippen LogP contribution in [0.1, 0.15) is 0 Å². The lowest BCUT2D eigenvalue weighted by Gasteiger charge is -2.18. The van der Waals surface area contributed by atoms with E-state index < -0.39 is 0 Å². The first-order valence-corrected chi connectivity index (χ1v) is 20.6. The van der Waals surface area contributed by atoms with Crippen molar-refractivity contribution in [1.82, 2.24) is 0 Å². The van der Waals surface area contributed by atoms with Crippen molar-refractivity contribution in [2.75, 3.05) is 0 Å². The van der Waals surface area contributed by atoms with Gasteiger partial charge in [0.1, 0.15) is 22.3 Å². The molecule has 0 saturated heterocycles. The zero-order chi connectivity index (χ0) is 39.3. The molecule has 0 unspecified atom stereocenters. The smallest absolute Gasteiger partial charge is 0.143 e. The predicted molar refractivity (Wildman–Crippen MR) is 253 cm³/mol. The average Bonchev–Trinajstić information content (AvgIpc) is 3.90. The molecular weight excluding hydrogens is 729 g/mol. The van der Waals surface area contributed by atoms with Crippen molar-refractivity contribution in [3.05, 3.63) is 206 Å². The van der Waals surface area contributed by atoms with E-state index in [2.05, 4.69) is 206 Å². The summed E-state index contributed by atoms with van der Waals surface area (Å²) in [6.07, 6.45) is 0. The van der Waals surface area contributed by atoms with E-state index in [1.54, 1.807) is 0 Å². The highest BCUT2D eigenvalue weighted by atomic mass is 16.3. The van der Waals surface area contributed by atoms with Gasteiger partial charge in [-0.25, -0.2) is 0 Å². The normalized spacial score (nSPS) is 12.0. The van der Waals surface area contributed by atoms with Gasteiger partial charge >= 0.3 is 0 Å². The van der Waals surface area contributed by atoms with Gasteiger partial charge in [-0.05, 0) is 94.7 Å². The van der Waals surface area contributed by atoms with Gasteiger partial charge in [0.05, 0.1) is 0 Å². The first kappa shape index (κ1) is 33.1. The van der Waals surface area contributed by atoms with Crippen LogP contribution in [0.25, 0.3) is 131 Å². The molecular formula is C58H34O2. The number of hydrogen-bond acceptors (Lipinski definition) is 2. The molecule has 0 aliphatic carbocycles. The second-order valence-corrected chi connectivity index (χ2v) is 15.9. The molecule has 0 fully saturated rings. The van der Waals surface area contributed by atoms with Gasteiger partial charge < -0.3 is 8.83 Å². The topological polar surface area (TPSA) is 26.3 Å². The third-order valence-electron chi connectivity index (χ3n) is 12.7. The zero-order valence-electron chi connectivity index (χ0n) is 32.4. The molecule has 0 aliphatic heterocycles. The number of furan rings is 2. The molecule has 2 heteroatoms. The van der Waals surface area contributed by atoms with Gasteiger partial charge in [-0.3, -0.25) is 0 Å². The molecule has 0 bridgehead atoms. The van der Waals surface area contributed by atoms with Gasteiger partial charge in [-0.1, -0.05) is 188 Å². The highest BCUT2D eigenvalue weighted by Gasteiger charge is 2.21. The van der Waals surface area contributed by atoms with Crippen LogP contribution in [0.5, 0.6) is 0 Å². The molecule has 2 aromatic heterocycles. The van der Waals surface area contributed by atoms with E-state index in [1.807, 2.05) is 0 Å². The molecule has 2 heterocycles. The number of rotatable bonds is 4. The van der Waals surface area contributed by atoms with Crippen LogP contribution in [-0.4, -0.2) is 0 Å². The van der Waals surface area contributed by atoms with Gasteiger partial charge in [-0.2, -0.15) is 0 Å². The number of fused-ring (bicyclic) bond motifs is 12. The molecule has 0 saturated carbocycles. The Hall–Kier alpha value is -7.94. The summed E-state index contributed by atoms with van der Waals surface area (Å²) in [6, 6.07) is 74.4. The quantitative estimate of drug-likeness (QED) is 0.167. The van der Waals surface area contributed by atoms with Crippen LogP contribution < -0.4 is 0 Å². The van der Waals surface area contributed by atoms with Gasteiger partial charge in [0.2, 0.25) is 0 Å². The van der Waals surface area contributed by atoms with Crippen molar-refractivity contribution in [3.8, 4) is 44.5 Å². The Morgan fingerprint density at radius 2 is 0.667 bits per heavy atom. The van der Waals surface area contributed by atoms with E-state index in [1.165, 1.54) is 65.3 Å². The van der Waals surface area contributed by atoms with Crippen LogP contribution in [0.4, 0.5) is 0 Å². The monoisotopic (exact) mass is 762 g/mol. The summed E-state index contributed by atoms with van der Waals surface area (Å²) in [6.45, 7) is 0. The van der Waals surface area contributed by atoms with Gasteiger partial charge in [0.25, 0.3) is 0 Å². The maximum Gasteiger partial charge on any atom is 0.143 e. The maximum atomic E-state index is 6.84. The minimum absolute atomic E-state index is 0.898. The van der Waals surface area contributed by atoms with E-state index in [9.17, 15) is 0 Å². The van der Waals surface area contributed by atoms with Gasteiger partial charge in [-0.15, -0.1) is 0 Å². The van der Waals surface area contributed by atoms with Crippen LogP contribution >= 0.6 is 0 Å². The highest BCUT2D eigenvalue weighted by molar-refractivity contribution is 6.25. The first-order chi connectivity index (χ1) is 29.8. The predicted octanol–water partition coefficient (Wildman–Crippen LogP) is 16.8. The summed E-state index contributed by atoms with van der Waals surface area (Å²) in [5.41, 5.74) is 12.8. The Bertz CT molecular complexity index is 3650. The minimum atomic E-state index is 0.898. The molecule has 2 nitrogen and oxygen atoms in total. The van der Waals surface area contributed by atoms with Gasteiger partial charge in [0, 0.05) is 32.7 Å². The van der Waals surface area contributed by atoms with Gasteiger partial charge in [0.15, 0.2) is 0 Å². The molecule has 13 aromatic rings. The summed E-state index contributed by atoms with van der Waals surface area (Å²) in [5, 5.41) is 14.1. The molecule has 13 rings (SSSR count). The molecule has 0 atom stereocenters. The fraction of sp³-hybridized carbons (Fsp3) is 0. The standard InChI is InChI=1S/C58H34O2/c1-2-12-35(13-3-1)36-26-28-39(29-27-36)54-44-20-8-18-42(46-22-10-24-48-55-40-16-6-4-14-37(40)30-32-52(55)59-57(46)48)50(44)34-51-43(19-9-21-45(51)54)47-23-11-25-49-56-41-17-7-5-15-38(41)31-33-53(56)60-58(47)49/h1-34H. The second-order valence-electron chi connectivity index (χ2n) is 15.9. The molecule has 11 aromatic carbocycles. The van der Waals surface area contributed by atoms with Crippen LogP contribution in [0, 0.1) is 0 Å². The first-order valence-electron chi connectivity index (χ1n) is 20.6. The molecule has 0 spiro atoms. The van der Waals surface area contributed by atoms with Crippen molar-refractivity contribution in [3.63, 3.8) is 0 Å². The van der Waals surface area contributed by atoms with E-state index in [0.717, 1.165) is 66.1 Å². The Morgan fingerprint density at radius 1 is 0.250 bits per heavy atom. The Labute approximate surface area is 345 Å². The average molecular weight is 763 g/mol. The SMILES string of the molecule is c1ccc(-c2ccc(-c3c4cccc(-c5cccc6c5oc5ccc7ccccc7c56)c4cc4c(-c5cccc6c5oc5ccc7ccccc7c56)cccc34)cc2)cc1. The Kier molecular flexibility index (Phi) is 7.05. The lowest BCUT2D eigenvalue weighted by molar-refractivity contribution is 0.670. The van der Waals surface area contributed by atoms with E-state index in [-0.39, 0.29) is 0 Å². The molecule has 60 heavy (non-hydrogen) atoms. The summed E-state index contributed by atoms with van der Waals surface area (Å²) < 4.78 is 13.7. The fourth-order valence-corrected chi connectivity index (χ4v) is 9.97. The van der Waals surface area contributed by atoms with Crippen LogP contribution in [-0.2, 0) is 0 Å². The largest absolute Gasteiger partial charge is 0.455 e. The van der Waals surface area contributed by atoms with Crippen molar-refractivity contribution in [1.29, 1.82) is 0 Å². The zero-order valence-corrected chi connectivity index (χ0v) is 32.4. The summed E-state index contributed by atoms with van der Waals surface area (Å²) in [4.78, 5) is 0. The second kappa shape index (κ2) is 12.8. The molecule has 0 aliphatic rings. The lowest BCUT2D eigenvalue weighted by Crippen LogP contribution is -1.91. The molecule has 0 amide bonds. The third-order valence-corrected chi connectivity index (χ3v) is 12.7. The minimum Gasteiger partial charge on any atom is -0.455 e.